The normalized spacial score (nSPS) is 12.0. The standard InChI is InChI=1S/C23H29N3O/c1-5-19-10-12-22(13-11-19)18(4)25-23(27)16-26(17(2)3)15-21-8-6-20(14-24)7-9-21/h6-13,17-18H,5,15-16H2,1-4H3,(H,25,27). The van der Waals surface area contributed by atoms with Crippen LogP contribution in [0.25, 0.3) is 0 Å². The molecule has 0 aliphatic carbocycles. The minimum atomic E-state index is -0.0210. The topological polar surface area (TPSA) is 56.1 Å². The third-order valence-corrected chi connectivity index (χ3v) is 4.81. The molecule has 0 spiro atoms. The second-order valence-electron chi connectivity index (χ2n) is 7.19. The first-order valence-electron chi connectivity index (χ1n) is 9.54. The zero-order valence-electron chi connectivity index (χ0n) is 16.7. The molecule has 0 aliphatic rings. The molecule has 0 bridgehead atoms. The van der Waals surface area contributed by atoms with Crippen LogP contribution in [0.4, 0.5) is 0 Å². The van der Waals surface area contributed by atoms with Crippen LogP contribution in [0.15, 0.2) is 48.5 Å². The highest BCUT2D eigenvalue weighted by Gasteiger charge is 2.16. The van der Waals surface area contributed by atoms with E-state index in [9.17, 15) is 4.79 Å². The second-order valence-corrected chi connectivity index (χ2v) is 7.19. The second kappa shape index (κ2) is 9.89. The molecule has 0 radical (unpaired) electrons. The van der Waals surface area contributed by atoms with E-state index in [1.54, 1.807) is 0 Å². The molecule has 2 aromatic rings. The van der Waals surface area contributed by atoms with Crippen LogP contribution in [0.3, 0.4) is 0 Å². The Morgan fingerprint density at radius 2 is 1.63 bits per heavy atom. The van der Waals surface area contributed by atoms with E-state index in [0.29, 0.717) is 18.7 Å². The maximum absolute atomic E-state index is 12.6. The molecule has 0 aliphatic heterocycles. The van der Waals surface area contributed by atoms with Crippen molar-refractivity contribution in [1.29, 1.82) is 5.26 Å². The number of rotatable bonds is 8. The Bertz CT molecular complexity index is 773. The van der Waals surface area contributed by atoms with Crippen LogP contribution in [-0.2, 0) is 17.8 Å². The van der Waals surface area contributed by atoms with Gasteiger partial charge in [-0.2, -0.15) is 5.26 Å². The maximum Gasteiger partial charge on any atom is 0.234 e. The van der Waals surface area contributed by atoms with Gasteiger partial charge in [0.1, 0.15) is 0 Å². The average molecular weight is 364 g/mol. The van der Waals surface area contributed by atoms with Gasteiger partial charge in [0.05, 0.1) is 24.2 Å². The molecule has 1 N–H and O–H groups in total. The molecule has 27 heavy (non-hydrogen) atoms. The molecule has 0 aromatic heterocycles. The zero-order valence-corrected chi connectivity index (χ0v) is 16.7. The lowest BCUT2D eigenvalue weighted by molar-refractivity contribution is -0.123. The van der Waals surface area contributed by atoms with Crippen molar-refractivity contribution < 1.29 is 4.79 Å². The quantitative estimate of drug-likeness (QED) is 0.764. The molecule has 0 saturated heterocycles. The van der Waals surface area contributed by atoms with Gasteiger partial charge in [-0.15, -0.1) is 0 Å². The molecule has 0 saturated carbocycles. The van der Waals surface area contributed by atoms with E-state index in [2.05, 4.69) is 61.3 Å². The molecule has 1 unspecified atom stereocenters. The summed E-state index contributed by atoms with van der Waals surface area (Å²) in [7, 11) is 0. The lowest BCUT2D eigenvalue weighted by Crippen LogP contribution is -2.41. The number of nitrogens with one attached hydrogen (secondary N) is 1. The summed E-state index contributed by atoms with van der Waals surface area (Å²) >= 11 is 0. The third kappa shape index (κ3) is 6.23. The first-order chi connectivity index (χ1) is 12.9. The van der Waals surface area contributed by atoms with Gasteiger partial charge in [0.15, 0.2) is 0 Å². The van der Waals surface area contributed by atoms with Gasteiger partial charge in [-0.05, 0) is 56.0 Å². The highest BCUT2D eigenvalue weighted by Crippen LogP contribution is 2.14. The SMILES string of the molecule is CCc1ccc(C(C)NC(=O)CN(Cc2ccc(C#N)cc2)C(C)C)cc1. The molecular formula is C23H29N3O. The number of hydrogen-bond donors (Lipinski definition) is 1. The van der Waals surface area contributed by atoms with Crippen molar-refractivity contribution in [2.45, 2.75) is 52.7 Å². The molecule has 1 amide bonds. The predicted molar refractivity (Wildman–Crippen MR) is 109 cm³/mol. The molecule has 1 atom stereocenters. The largest absolute Gasteiger partial charge is 0.348 e. The molecule has 2 rings (SSSR count). The van der Waals surface area contributed by atoms with Crippen LogP contribution in [0, 0.1) is 11.3 Å². The van der Waals surface area contributed by atoms with Gasteiger partial charge in [0, 0.05) is 12.6 Å². The number of amides is 1. The van der Waals surface area contributed by atoms with Crippen molar-refractivity contribution in [3.63, 3.8) is 0 Å². The minimum Gasteiger partial charge on any atom is -0.348 e. The van der Waals surface area contributed by atoms with Crippen LogP contribution < -0.4 is 5.32 Å². The fraction of sp³-hybridized carbons (Fsp3) is 0.391. The minimum absolute atomic E-state index is 0.0180. The molecule has 4 nitrogen and oxygen atoms in total. The number of nitrogens with zero attached hydrogens (tertiary/aromatic N) is 2. The van der Waals surface area contributed by atoms with Crippen molar-refractivity contribution in [2.24, 2.45) is 0 Å². The third-order valence-electron chi connectivity index (χ3n) is 4.81. The molecular weight excluding hydrogens is 334 g/mol. The number of carbonyl (C=O) groups is 1. The summed E-state index contributed by atoms with van der Waals surface area (Å²) < 4.78 is 0. The zero-order chi connectivity index (χ0) is 19.8. The number of benzene rings is 2. The maximum atomic E-state index is 12.6. The number of aryl methyl sites for hydroxylation is 1. The molecule has 0 heterocycles. The molecule has 2 aromatic carbocycles. The van der Waals surface area contributed by atoms with Gasteiger partial charge in [-0.3, -0.25) is 9.69 Å². The Balaban J connectivity index is 1.95. The van der Waals surface area contributed by atoms with Crippen molar-refractivity contribution in [3.05, 3.63) is 70.8 Å². The Kier molecular flexibility index (Phi) is 7.57. The molecule has 4 heteroatoms. The summed E-state index contributed by atoms with van der Waals surface area (Å²) in [5, 5.41) is 12.0. The van der Waals surface area contributed by atoms with E-state index in [1.807, 2.05) is 31.2 Å². The van der Waals surface area contributed by atoms with E-state index in [-0.39, 0.29) is 18.0 Å². The van der Waals surface area contributed by atoms with Crippen molar-refractivity contribution in [1.82, 2.24) is 10.2 Å². The molecule has 142 valence electrons. The summed E-state index contributed by atoms with van der Waals surface area (Å²) in [6.07, 6.45) is 1.01. The average Bonchev–Trinajstić information content (AvgIpc) is 2.68. The first kappa shape index (κ1) is 20.7. The van der Waals surface area contributed by atoms with Gasteiger partial charge in [0.25, 0.3) is 0 Å². The number of carbonyl (C=O) groups excluding carboxylic acids is 1. The Morgan fingerprint density at radius 3 is 2.15 bits per heavy atom. The van der Waals surface area contributed by atoms with Crippen molar-refractivity contribution in [2.75, 3.05) is 6.54 Å². The van der Waals surface area contributed by atoms with E-state index >= 15 is 0 Å². The van der Waals surface area contributed by atoms with Crippen LogP contribution >= 0.6 is 0 Å². The van der Waals surface area contributed by atoms with Crippen LogP contribution in [0.1, 0.15) is 56.0 Å². The van der Waals surface area contributed by atoms with Gasteiger partial charge in [-0.25, -0.2) is 0 Å². The monoisotopic (exact) mass is 363 g/mol. The van der Waals surface area contributed by atoms with Crippen molar-refractivity contribution in [3.8, 4) is 6.07 Å². The summed E-state index contributed by atoms with van der Waals surface area (Å²) in [6, 6.07) is 18.3. The lowest BCUT2D eigenvalue weighted by atomic mass is 10.0. The van der Waals surface area contributed by atoms with E-state index in [1.165, 1.54) is 5.56 Å². The Hall–Kier alpha value is -2.64. The fourth-order valence-corrected chi connectivity index (χ4v) is 2.94. The summed E-state index contributed by atoms with van der Waals surface area (Å²) in [5.74, 6) is 0.0180. The van der Waals surface area contributed by atoms with Gasteiger partial charge in [-0.1, -0.05) is 43.3 Å². The van der Waals surface area contributed by atoms with Crippen LogP contribution in [0.5, 0.6) is 0 Å². The van der Waals surface area contributed by atoms with Gasteiger partial charge >= 0.3 is 0 Å². The lowest BCUT2D eigenvalue weighted by Gasteiger charge is -2.27. The summed E-state index contributed by atoms with van der Waals surface area (Å²) in [6.45, 7) is 9.34. The first-order valence-corrected chi connectivity index (χ1v) is 9.54. The summed E-state index contributed by atoms with van der Waals surface area (Å²) in [5.41, 5.74) is 4.16. The van der Waals surface area contributed by atoms with Gasteiger partial charge < -0.3 is 5.32 Å². The van der Waals surface area contributed by atoms with Crippen LogP contribution in [-0.4, -0.2) is 23.4 Å². The highest BCUT2D eigenvalue weighted by atomic mass is 16.2. The Labute approximate surface area is 162 Å². The number of nitriles is 1. The van der Waals surface area contributed by atoms with Crippen molar-refractivity contribution >= 4 is 5.91 Å². The predicted octanol–water partition coefficient (Wildman–Crippen LogP) is 4.21. The smallest absolute Gasteiger partial charge is 0.234 e. The fourth-order valence-electron chi connectivity index (χ4n) is 2.94. The van der Waals surface area contributed by atoms with Crippen LogP contribution in [0.2, 0.25) is 0 Å². The highest BCUT2D eigenvalue weighted by molar-refractivity contribution is 5.78. The Morgan fingerprint density at radius 1 is 1.04 bits per heavy atom. The summed E-state index contributed by atoms with van der Waals surface area (Å²) in [4.78, 5) is 14.7. The van der Waals surface area contributed by atoms with Gasteiger partial charge in [0.2, 0.25) is 5.91 Å². The van der Waals surface area contributed by atoms with E-state index in [4.69, 9.17) is 5.26 Å². The van der Waals surface area contributed by atoms with E-state index < -0.39 is 0 Å². The molecule has 0 fully saturated rings. The number of hydrogen-bond acceptors (Lipinski definition) is 3. The van der Waals surface area contributed by atoms with E-state index in [0.717, 1.165) is 17.5 Å².